The zero-order valence-electron chi connectivity index (χ0n) is 16.5. The second kappa shape index (κ2) is 7.65. The Morgan fingerprint density at radius 2 is 1.90 bits per heavy atom. The summed E-state index contributed by atoms with van der Waals surface area (Å²) in [5.74, 6) is 1.16. The number of amides is 1. The van der Waals surface area contributed by atoms with Gasteiger partial charge in [0.2, 0.25) is 0 Å². The van der Waals surface area contributed by atoms with Gasteiger partial charge in [0.05, 0.1) is 6.07 Å². The molecule has 1 N–H and O–H groups in total. The van der Waals surface area contributed by atoms with E-state index in [0.717, 1.165) is 23.8 Å². The van der Waals surface area contributed by atoms with E-state index in [4.69, 9.17) is 9.15 Å². The van der Waals surface area contributed by atoms with Crippen molar-refractivity contribution < 1.29 is 23.7 Å². The Morgan fingerprint density at radius 1 is 1.28 bits per heavy atom. The second-order valence-electron chi connectivity index (χ2n) is 8.94. The van der Waals surface area contributed by atoms with Crippen LogP contribution in [0.5, 0.6) is 0 Å². The van der Waals surface area contributed by atoms with Crippen LogP contribution in [-0.2, 0) is 14.3 Å². The van der Waals surface area contributed by atoms with Crippen molar-refractivity contribution in [3.05, 3.63) is 34.1 Å². The molecule has 1 aromatic rings. The quantitative estimate of drug-likeness (QED) is 0.323. The number of nitrogens with one attached hydrogen (secondary N) is 1. The van der Waals surface area contributed by atoms with E-state index in [0.29, 0.717) is 0 Å². The molecule has 4 aliphatic carbocycles. The smallest absolute Gasteiger partial charge is 0.433 e. The molecule has 1 heterocycles. The number of nitro groups is 1. The molecule has 0 unspecified atom stereocenters. The lowest BCUT2D eigenvalue weighted by Gasteiger charge is -2.59. The third kappa shape index (κ3) is 4.21. The van der Waals surface area contributed by atoms with Crippen LogP contribution in [0.4, 0.5) is 5.88 Å². The zero-order chi connectivity index (χ0) is 20.6. The van der Waals surface area contributed by atoms with Crippen LogP contribution in [0.15, 0.2) is 22.6 Å². The van der Waals surface area contributed by atoms with Crippen molar-refractivity contribution in [3.8, 4) is 0 Å². The van der Waals surface area contributed by atoms with Crippen molar-refractivity contribution in [1.29, 1.82) is 0 Å². The lowest BCUT2D eigenvalue weighted by Crippen LogP contribution is -2.56. The van der Waals surface area contributed by atoms with E-state index in [1.165, 1.54) is 56.7 Å². The third-order valence-electron chi connectivity index (χ3n) is 6.90. The minimum absolute atomic E-state index is 0.0707. The Morgan fingerprint density at radius 3 is 2.45 bits per heavy atom. The number of hydrogen-bond donors (Lipinski definition) is 1. The van der Waals surface area contributed by atoms with Gasteiger partial charge in [-0.15, -0.1) is 0 Å². The van der Waals surface area contributed by atoms with Crippen LogP contribution in [0.25, 0.3) is 6.08 Å². The zero-order valence-corrected chi connectivity index (χ0v) is 16.5. The minimum atomic E-state index is -0.707. The number of furan rings is 1. The number of esters is 1. The molecule has 0 radical (unpaired) electrons. The summed E-state index contributed by atoms with van der Waals surface area (Å²) in [4.78, 5) is 34.0. The molecule has 1 amide bonds. The Kier molecular flexibility index (Phi) is 5.19. The average Bonchev–Trinajstić information content (AvgIpc) is 3.13. The van der Waals surface area contributed by atoms with Crippen molar-refractivity contribution in [2.24, 2.45) is 23.2 Å². The molecule has 1 atom stereocenters. The largest absolute Gasteiger partial charge is 0.452 e. The van der Waals surface area contributed by atoms with E-state index >= 15 is 0 Å². The molecule has 4 saturated carbocycles. The fraction of sp³-hybridized carbons (Fsp3) is 0.619. The fourth-order valence-corrected chi connectivity index (χ4v) is 6.01. The first-order valence-electron chi connectivity index (χ1n) is 10.2. The van der Waals surface area contributed by atoms with Crippen molar-refractivity contribution in [3.63, 3.8) is 0 Å². The van der Waals surface area contributed by atoms with Crippen LogP contribution >= 0.6 is 0 Å². The summed E-state index contributed by atoms with van der Waals surface area (Å²) in [6.45, 7) is 1.73. The molecule has 0 aliphatic heterocycles. The van der Waals surface area contributed by atoms with E-state index < -0.39 is 16.8 Å². The highest BCUT2D eigenvalue weighted by Crippen LogP contribution is 2.61. The van der Waals surface area contributed by atoms with Gasteiger partial charge in [0.15, 0.2) is 6.61 Å². The van der Waals surface area contributed by atoms with E-state index in [9.17, 15) is 19.7 Å². The maximum atomic E-state index is 12.3. The molecule has 4 aliphatic rings. The summed E-state index contributed by atoms with van der Waals surface area (Å²) in [6.07, 6.45) is 9.98. The molecule has 156 valence electrons. The monoisotopic (exact) mass is 402 g/mol. The molecular weight excluding hydrogens is 376 g/mol. The molecule has 29 heavy (non-hydrogen) atoms. The van der Waals surface area contributed by atoms with Gasteiger partial charge >= 0.3 is 11.9 Å². The summed E-state index contributed by atoms with van der Waals surface area (Å²) in [7, 11) is 0. The fourth-order valence-electron chi connectivity index (χ4n) is 6.01. The Balaban J connectivity index is 1.25. The highest BCUT2D eigenvalue weighted by Gasteiger charge is 2.53. The Labute approximate surface area is 168 Å². The molecule has 0 saturated heterocycles. The summed E-state index contributed by atoms with van der Waals surface area (Å²) >= 11 is 0. The summed E-state index contributed by atoms with van der Waals surface area (Å²) in [5, 5.41) is 13.6. The van der Waals surface area contributed by atoms with E-state index in [-0.39, 0.29) is 29.7 Å². The maximum Gasteiger partial charge on any atom is 0.433 e. The first kappa shape index (κ1) is 19.7. The number of carbonyl (C=O) groups excluding carboxylic acids is 2. The van der Waals surface area contributed by atoms with Crippen LogP contribution < -0.4 is 5.32 Å². The van der Waals surface area contributed by atoms with Crippen molar-refractivity contribution in [2.45, 2.75) is 51.5 Å². The molecular formula is C21H26N2O6. The lowest BCUT2D eigenvalue weighted by molar-refractivity contribution is -0.402. The predicted octanol–water partition coefficient (Wildman–Crippen LogP) is 3.47. The van der Waals surface area contributed by atoms with Gasteiger partial charge in [-0.2, -0.15) is 0 Å². The summed E-state index contributed by atoms with van der Waals surface area (Å²) in [5.41, 5.74) is 0.197. The average molecular weight is 402 g/mol. The van der Waals surface area contributed by atoms with E-state index in [1.54, 1.807) is 0 Å². The molecule has 0 aromatic carbocycles. The third-order valence-corrected chi connectivity index (χ3v) is 6.90. The SMILES string of the molecule is C[C@H](NC(=O)COC(=O)/C=C/c1ccc([N+](=O)[O-])o1)C12CC3CC(CC(C3)C1)C2. The number of hydrogen-bond acceptors (Lipinski definition) is 6. The molecule has 8 nitrogen and oxygen atoms in total. The van der Waals surface area contributed by atoms with Crippen molar-refractivity contribution in [2.75, 3.05) is 6.61 Å². The lowest BCUT2D eigenvalue weighted by atomic mass is 9.48. The Hall–Kier alpha value is -2.64. The minimum Gasteiger partial charge on any atom is -0.452 e. The van der Waals surface area contributed by atoms with E-state index in [2.05, 4.69) is 12.2 Å². The molecule has 4 fully saturated rings. The number of nitrogens with zero attached hydrogens (tertiary/aromatic N) is 1. The molecule has 8 heteroatoms. The molecule has 0 spiro atoms. The highest BCUT2D eigenvalue weighted by atomic mass is 16.6. The number of carbonyl (C=O) groups is 2. The van der Waals surface area contributed by atoms with Crippen molar-refractivity contribution >= 4 is 23.8 Å². The predicted molar refractivity (Wildman–Crippen MR) is 104 cm³/mol. The first-order chi connectivity index (χ1) is 13.8. The van der Waals surface area contributed by atoms with Crippen LogP contribution in [0.1, 0.15) is 51.2 Å². The van der Waals surface area contributed by atoms with Gasteiger partial charge in [-0.05, 0) is 80.8 Å². The summed E-state index contributed by atoms with van der Waals surface area (Å²) < 4.78 is 9.90. The van der Waals surface area contributed by atoms with Crippen LogP contribution in [0.3, 0.4) is 0 Å². The van der Waals surface area contributed by atoms with Crippen LogP contribution in [0.2, 0.25) is 0 Å². The molecule has 4 bridgehead atoms. The highest BCUT2D eigenvalue weighted by molar-refractivity contribution is 5.89. The van der Waals surface area contributed by atoms with Gasteiger partial charge < -0.3 is 14.5 Å². The Bertz CT molecular complexity index is 807. The van der Waals surface area contributed by atoms with Crippen LogP contribution in [0, 0.1) is 33.3 Å². The molecule has 5 rings (SSSR count). The van der Waals surface area contributed by atoms with Gasteiger partial charge in [0.1, 0.15) is 10.7 Å². The number of rotatable bonds is 7. The van der Waals surface area contributed by atoms with E-state index in [1.807, 2.05) is 0 Å². The van der Waals surface area contributed by atoms with Gasteiger partial charge in [-0.1, -0.05) is 0 Å². The van der Waals surface area contributed by atoms with Gasteiger partial charge in [0.25, 0.3) is 5.91 Å². The maximum absolute atomic E-state index is 12.3. The van der Waals surface area contributed by atoms with Gasteiger partial charge in [0, 0.05) is 12.1 Å². The van der Waals surface area contributed by atoms with Crippen LogP contribution in [-0.4, -0.2) is 29.4 Å². The van der Waals surface area contributed by atoms with Gasteiger partial charge in [-0.3, -0.25) is 14.9 Å². The second-order valence-corrected chi connectivity index (χ2v) is 8.94. The van der Waals surface area contributed by atoms with Crippen molar-refractivity contribution in [1.82, 2.24) is 5.32 Å². The topological polar surface area (TPSA) is 112 Å². The first-order valence-corrected chi connectivity index (χ1v) is 10.2. The molecule has 1 aromatic heterocycles. The standard InChI is InChI=1S/C21H26N2O6/c1-13(21-9-14-6-15(10-21)8-16(7-14)11-21)22-18(24)12-28-20(25)5-3-17-2-4-19(29-17)23(26)27/h2-5,13-16H,6-12H2,1H3,(H,22,24)/b5-3+/t13-,14?,15?,16?,21?/m0/s1. The normalized spacial score (nSPS) is 31.0. The summed E-state index contributed by atoms with van der Waals surface area (Å²) in [6, 6.07) is 2.65. The number of ether oxygens (including phenoxy) is 1. The van der Waals surface area contributed by atoms with Gasteiger partial charge in [-0.25, -0.2) is 4.79 Å².